The highest BCUT2D eigenvalue weighted by Gasteiger charge is 2.34. The molecule has 82 valence electrons. The molecule has 2 N–H and O–H groups in total. The average molecular weight is 209 g/mol. The molecule has 0 unspecified atom stereocenters. The van der Waals surface area contributed by atoms with Crippen LogP contribution in [-0.2, 0) is 4.79 Å². The third-order valence-electron chi connectivity index (χ3n) is 2.74. The molecule has 2 rings (SSSR count). The van der Waals surface area contributed by atoms with Crippen molar-refractivity contribution in [2.75, 3.05) is 0 Å². The molecular weight excluding hydrogens is 194 g/mol. The second kappa shape index (κ2) is 3.96. The summed E-state index contributed by atoms with van der Waals surface area (Å²) in [4.78, 5) is 11.4. The van der Waals surface area contributed by atoms with Crippen molar-refractivity contribution in [2.45, 2.75) is 38.6 Å². The number of nitrogens with zero attached hydrogens (tertiary/aromatic N) is 3. The van der Waals surface area contributed by atoms with Crippen LogP contribution in [0.1, 0.15) is 38.4 Å². The quantitative estimate of drug-likeness (QED) is 0.745. The Morgan fingerprint density at radius 2 is 2.27 bits per heavy atom. The number of aromatic nitrogens is 4. The lowest BCUT2D eigenvalue weighted by Crippen LogP contribution is -2.45. The largest absolute Gasteiger partial charge is 0.353 e. The second-order valence-corrected chi connectivity index (χ2v) is 4.30. The number of nitrogens with one attached hydrogen (secondary N) is 2. The van der Waals surface area contributed by atoms with E-state index in [-0.39, 0.29) is 17.9 Å². The number of H-pyrrole nitrogens is 1. The fourth-order valence-corrected chi connectivity index (χ4v) is 1.66. The monoisotopic (exact) mass is 209 g/mol. The fraction of sp³-hybridized carbons (Fsp3) is 0.778. The van der Waals surface area contributed by atoms with Crippen molar-refractivity contribution < 1.29 is 4.79 Å². The van der Waals surface area contributed by atoms with Crippen LogP contribution in [0.4, 0.5) is 0 Å². The molecule has 1 fully saturated rings. The van der Waals surface area contributed by atoms with Gasteiger partial charge in [-0.25, -0.2) is 0 Å². The van der Waals surface area contributed by atoms with Gasteiger partial charge in [-0.3, -0.25) is 4.79 Å². The third-order valence-corrected chi connectivity index (χ3v) is 2.74. The summed E-state index contributed by atoms with van der Waals surface area (Å²) in [7, 11) is 0. The molecule has 15 heavy (non-hydrogen) atoms. The van der Waals surface area contributed by atoms with Crippen molar-refractivity contribution in [3.8, 4) is 0 Å². The molecule has 1 aromatic rings. The van der Waals surface area contributed by atoms with Crippen molar-refractivity contribution in [2.24, 2.45) is 5.92 Å². The van der Waals surface area contributed by atoms with E-state index in [1.165, 1.54) is 0 Å². The molecule has 0 spiro atoms. The highest BCUT2D eigenvalue weighted by molar-refractivity contribution is 5.78. The lowest BCUT2D eigenvalue weighted by atomic mass is 9.79. The van der Waals surface area contributed by atoms with Gasteiger partial charge in [0.05, 0.1) is 0 Å². The first-order valence-corrected chi connectivity index (χ1v) is 5.20. The topological polar surface area (TPSA) is 83.6 Å². The van der Waals surface area contributed by atoms with Crippen LogP contribution in [0.3, 0.4) is 0 Å². The summed E-state index contributed by atoms with van der Waals surface area (Å²) in [5.41, 5.74) is 0. The first kappa shape index (κ1) is 10.1. The first-order chi connectivity index (χ1) is 7.16. The highest BCUT2D eigenvalue weighted by atomic mass is 16.1. The molecule has 1 amide bonds. The minimum atomic E-state index is 0.0502. The number of hydrogen-bond donors (Lipinski definition) is 2. The Hall–Kier alpha value is -1.46. The van der Waals surface area contributed by atoms with Crippen LogP contribution < -0.4 is 5.32 Å². The molecule has 0 bridgehead atoms. The predicted molar refractivity (Wildman–Crippen MR) is 52.9 cm³/mol. The fourth-order valence-electron chi connectivity index (χ4n) is 1.66. The maximum Gasteiger partial charge on any atom is 0.222 e. The summed E-state index contributed by atoms with van der Waals surface area (Å²) in [5.74, 6) is 1.27. The molecular formula is C9H15N5O. The summed E-state index contributed by atoms with van der Waals surface area (Å²) < 4.78 is 0. The van der Waals surface area contributed by atoms with Crippen LogP contribution in [0.25, 0.3) is 0 Å². The van der Waals surface area contributed by atoms with Crippen LogP contribution in [0.5, 0.6) is 0 Å². The summed E-state index contributed by atoms with van der Waals surface area (Å²) in [5, 5.41) is 16.8. The van der Waals surface area contributed by atoms with E-state index < -0.39 is 0 Å². The van der Waals surface area contributed by atoms with Gasteiger partial charge in [0, 0.05) is 17.9 Å². The molecule has 1 heterocycles. The molecule has 0 saturated heterocycles. The van der Waals surface area contributed by atoms with Crippen LogP contribution in [0.15, 0.2) is 0 Å². The Bertz CT molecular complexity index is 328. The van der Waals surface area contributed by atoms with Crippen molar-refractivity contribution >= 4 is 5.91 Å². The van der Waals surface area contributed by atoms with E-state index in [2.05, 4.69) is 25.9 Å². The third kappa shape index (κ3) is 2.14. The maximum atomic E-state index is 11.4. The van der Waals surface area contributed by atoms with Gasteiger partial charge in [-0.05, 0) is 12.8 Å². The maximum absolute atomic E-state index is 11.4. The Morgan fingerprint density at radius 1 is 1.53 bits per heavy atom. The van der Waals surface area contributed by atoms with Gasteiger partial charge in [0.15, 0.2) is 5.82 Å². The minimum absolute atomic E-state index is 0.0502. The van der Waals surface area contributed by atoms with Gasteiger partial charge in [0.25, 0.3) is 0 Å². The number of hydrogen-bond acceptors (Lipinski definition) is 4. The number of carbonyl (C=O) groups is 1. The zero-order chi connectivity index (χ0) is 10.8. The molecule has 1 aliphatic rings. The van der Waals surface area contributed by atoms with Gasteiger partial charge in [-0.15, -0.1) is 10.2 Å². The second-order valence-electron chi connectivity index (χ2n) is 4.30. The molecule has 0 atom stereocenters. The van der Waals surface area contributed by atoms with Gasteiger partial charge in [-0.2, -0.15) is 5.21 Å². The molecule has 1 aliphatic carbocycles. The molecule has 0 aliphatic heterocycles. The molecule has 0 aromatic carbocycles. The summed E-state index contributed by atoms with van der Waals surface area (Å²) in [6.07, 6.45) is 1.83. The lowest BCUT2D eigenvalue weighted by Gasteiger charge is -2.34. The zero-order valence-electron chi connectivity index (χ0n) is 8.90. The summed E-state index contributed by atoms with van der Waals surface area (Å²) in [6, 6.07) is 0.281. The van der Waals surface area contributed by atoms with Gasteiger partial charge in [0.1, 0.15) is 0 Å². The standard InChI is InChI=1S/C9H15N5O/c1-5(2)9(15)10-7-3-6(4-7)8-11-13-14-12-8/h5-7H,3-4H2,1-2H3,(H,10,15)(H,11,12,13,14). The van der Waals surface area contributed by atoms with Gasteiger partial charge < -0.3 is 5.32 Å². The zero-order valence-corrected chi connectivity index (χ0v) is 8.90. The smallest absolute Gasteiger partial charge is 0.222 e. The van der Waals surface area contributed by atoms with E-state index in [1.54, 1.807) is 0 Å². The first-order valence-electron chi connectivity index (χ1n) is 5.20. The number of tetrazole rings is 1. The van der Waals surface area contributed by atoms with E-state index in [9.17, 15) is 4.79 Å². The molecule has 1 aromatic heterocycles. The number of amides is 1. The number of rotatable bonds is 3. The minimum Gasteiger partial charge on any atom is -0.353 e. The molecule has 0 radical (unpaired) electrons. The normalized spacial score (nSPS) is 25.0. The highest BCUT2D eigenvalue weighted by Crippen LogP contribution is 2.34. The van der Waals surface area contributed by atoms with Gasteiger partial charge in [0.2, 0.25) is 5.91 Å². The number of aromatic amines is 1. The van der Waals surface area contributed by atoms with Crippen molar-refractivity contribution in [3.05, 3.63) is 5.82 Å². The van der Waals surface area contributed by atoms with E-state index >= 15 is 0 Å². The summed E-state index contributed by atoms with van der Waals surface area (Å²) in [6.45, 7) is 3.79. The van der Waals surface area contributed by atoms with E-state index in [0.29, 0.717) is 5.92 Å². The Labute approximate surface area is 87.8 Å². The summed E-state index contributed by atoms with van der Waals surface area (Å²) >= 11 is 0. The van der Waals surface area contributed by atoms with Crippen LogP contribution in [0, 0.1) is 5.92 Å². The molecule has 6 nitrogen and oxygen atoms in total. The van der Waals surface area contributed by atoms with Gasteiger partial charge in [-0.1, -0.05) is 19.1 Å². The van der Waals surface area contributed by atoms with Crippen molar-refractivity contribution in [1.82, 2.24) is 25.9 Å². The lowest BCUT2D eigenvalue weighted by molar-refractivity contribution is -0.125. The molecule has 1 saturated carbocycles. The number of carbonyl (C=O) groups excluding carboxylic acids is 1. The van der Waals surface area contributed by atoms with Gasteiger partial charge >= 0.3 is 0 Å². The van der Waals surface area contributed by atoms with Crippen LogP contribution in [-0.4, -0.2) is 32.6 Å². The molecule has 6 heteroatoms. The van der Waals surface area contributed by atoms with Crippen LogP contribution in [0.2, 0.25) is 0 Å². The average Bonchev–Trinajstić information content (AvgIpc) is 2.62. The van der Waals surface area contributed by atoms with Crippen molar-refractivity contribution in [1.29, 1.82) is 0 Å². The van der Waals surface area contributed by atoms with Crippen LogP contribution >= 0.6 is 0 Å². The van der Waals surface area contributed by atoms with E-state index in [4.69, 9.17) is 0 Å². The Kier molecular flexibility index (Phi) is 2.66. The van der Waals surface area contributed by atoms with Crippen molar-refractivity contribution in [3.63, 3.8) is 0 Å². The predicted octanol–water partition coefficient (Wildman–Crippen LogP) is 0.218. The van der Waals surface area contributed by atoms with E-state index in [1.807, 2.05) is 13.8 Å². The van der Waals surface area contributed by atoms with E-state index in [0.717, 1.165) is 18.7 Å². The SMILES string of the molecule is CC(C)C(=O)NC1CC(c2nn[nH]n2)C1. The Balaban J connectivity index is 1.77. The Morgan fingerprint density at radius 3 is 2.80 bits per heavy atom.